The number of amides is 1. The van der Waals surface area contributed by atoms with Crippen molar-refractivity contribution in [3.8, 4) is 5.75 Å². The second kappa shape index (κ2) is 7.01. The van der Waals surface area contributed by atoms with Crippen molar-refractivity contribution < 1.29 is 9.53 Å². The molecule has 2 aromatic carbocycles. The Labute approximate surface area is 145 Å². The van der Waals surface area contributed by atoms with Crippen LogP contribution in [0.3, 0.4) is 0 Å². The lowest BCUT2D eigenvalue weighted by molar-refractivity contribution is 0.0992. The van der Waals surface area contributed by atoms with Crippen molar-refractivity contribution in [1.82, 2.24) is 4.98 Å². The van der Waals surface area contributed by atoms with Gasteiger partial charge in [0, 0.05) is 12.6 Å². The van der Waals surface area contributed by atoms with Crippen molar-refractivity contribution in [3.63, 3.8) is 0 Å². The van der Waals surface area contributed by atoms with Gasteiger partial charge in [0.05, 0.1) is 16.8 Å². The van der Waals surface area contributed by atoms with Crippen LogP contribution in [0.4, 0.5) is 5.13 Å². The molecule has 3 aromatic rings. The Kier molecular flexibility index (Phi) is 4.81. The number of hydrogen-bond acceptors (Lipinski definition) is 4. The Morgan fingerprint density at radius 1 is 1.21 bits per heavy atom. The Morgan fingerprint density at radius 2 is 2.00 bits per heavy atom. The van der Waals surface area contributed by atoms with Gasteiger partial charge in [-0.1, -0.05) is 43.4 Å². The molecule has 0 aliphatic carbocycles. The lowest BCUT2D eigenvalue weighted by Crippen LogP contribution is -2.26. The van der Waals surface area contributed by atoms with Crippen molar-refractivity contribution >= 4 is 32.6 Å². The number of aromatic nitrogens is 1. The molecule has 0 aliphatic heterocycles. The first-order valence-corrected chi connectivity index (χ1v) is 8.72. The molecule has 4 nitrogen and oxygen atoms in total. The Balaban J connectivity index is 1.81. The third-order valence-corrected chi connectivity index (χ3v) is 4.65. The van der Waals surface area contributed by atoms with E-state index in [0.29, 0.717) is 29.0 Å². The van der Waals surface area contributed by atoms with Gasteiger partial charge in [-0.05, 0) is 36.2 Å². The molecule has 0 N–H and O–H groups in total. The molecule has 5 heteroatoms. The molecule has 0 unspecified atom stereocenters. The number of hydrogen-bond donors (Lipinski definition) is 0. The van der Waals surface area contributed by atoms with Gasteiger partial charge in [0.1, 0.15) is 5.75 Å². The average Bonchev–Trinajstić information content (AvgIpc) is 3.03. The standard InChI is InChI=1S/C19H20N2O2S/c1-13(2)12-23-15-8-6-7-14(11-15)18(22)21(3)19-20-16-9-4-5-10-17(16)24-19/h4-11,13H,12H2,1-3H3. The maximum Gasteiger partial charge on any atom is 0.259 e. The number of benzene rings is 2. The third kappa shape index (κ3) is 3.57. The molecule has 0 aliphatic rings. The number of rotatable bonds is 5. The maximum atomic E-state index is 12.7. The van der Waals surface area contributed by atoms with E-state index in [4.69, 9.17) is 4.74 Å². The lowest BCUT2D eigenvalue weighted by Gasteiger charge is -2.15. The number of fused-ring (bicyclic) bond motifs is 1. The topological polar surface area (TPSA) is 42.4 Å². The normalized spacial score (nSPS) is 11.0. The minimum atomic E-state index is -0.0935. The zero-order chi connectivity index (χ0) is 17.1. The van der Waals surface area contributed by atoms with Crippen LogP contribution >= 0.6 is 11.3 Å². The number of para-hydroxylation sites is 1. The fraction of sp³-hybridized carbons (Fsp3) is 0.263. The second-order valence-corrected chi connectivity index (χ2v) is 7.07. The summed E-state index contributed by atoms with van der Waals surface area (Å²) in [6.45, 7) is 4.82. The number of nitrogens with zero attached hydrogens (tertiary/aromatic N) is 2. The molecule has 1 amide bonds. The first-order chi connectivity index (χ1) is 11.5. The molecule has 0 radical (unpaired) electrons. The van der Waals surface area contributed by atoms with E-state index in [1.807, 2.05) is 36.4 Å². The minimum absolute atomic E-state index is 0.0935. The van der Waals surface area contributed by atoms with Gasteiger partial charge in [-0.2, -0.15) is 0 Å². The van der Waals surface area contributed by atoms with Gasteiger partial charge in [-0.25, -0.2) is 4.98 Å². The summed E-state index contributed by atoms with van der Waals surface area (Å²) >= 11 is 1.51. The molecular formula is C19H20N2O2S. The van der Waals surface area contributed by atoms with Crippen LogP contribution in [0, 0.1) is 5.92 Å². The number of carbonyl (C=O) groups is 1. The highest BCUT2D eigenvalue weighted by Gasteiger charge is 2.17. The molecule has 0 bridgehead atoms. The third-order valence-electron chi connectivity index (χ3n) is 3.54. The first kappa shape index (κ1) is 16.5. The van der Waals surface area contributed by atoms with Crippen molar-refractivity contribution in [2.45, 2.75) is 13.8 Å². The smallest absolute Gasteiger partial charge is 0.259 e. The van der Waals surface area contributed by atoms with Gasteiger partial charge in [0.15, 0.2) is 5.13 Å². The van der Waals surface area contributed by atoms with Crippen molar-refractivity contribution in [2.24, 2.45) is 5.92 Å². The van der Waals surface area contributed by atoms with E-state index in [9.17, 15) is 4.79 Å². The van der Waals surface area contributed by atoms with Gasteiger partial charge in [-0.15, -0.1) is 0 Å². The van der Waals surface area contributed by atoms with Crippen LogP contribution in [0.25, 0.3) is 10.2 Å². The van der Waals surface area contributed by atoms with E-state index < -0.39 is 0 Å². The first-order valence-electron chi connectivity index (χ1n) is 7.91. The summed E-state index contributed by atoms with van der Waals surface area (Å²) in [6, 6.07) is 15.2. The molecule has 1 aromatic heterocycles. The summed E-state index contributed by atoms with van der Waals surface area (Å²) in [5, 5.41) is 0.690. The monoisotopic (exact) mass is 340 g/mol. The molecule has 0 saturated heterocycles. The summed E-state index contributed by atoms with van der Waals surface area (Å²) in [7, 11) is 1.75. The van der Waals surface area contributed by atoms with Crippen LogP contribution in [0.5, 0.6) is 5.75 Å². The molecule has 1 heterocycles. The zero-order valence-electron chi connectivity index (χ0n) is 14.0. The van der Waals surface area contributed by atoms with Gasteiger partial charge in [-0.3, -0.25) is 9.69 Å². The molecule has 0 fully saturated rings. The lowest BCUT2D eigenvalue weighted by atomic mass is 10.2. The van der Waals surface area contributed by atoms with Crippen LogP contribution in [-0.4, -0.2) is 24.5 Å². The zero-order valence-corrected chi connectivity index (χ0v) is 14.8. The van der Waals surface area contributed by atoms with Crippen molar-refractivity contribution in [1.29, 1.82) is 0 Å². The van der Waals surface area contributed by atoms with Gasteiger partial charge in [0.2, 0.25) is 0 Å². The van der Waals surface area contributed by atoms with Crippen LogP contribution in [0.1, 0.15) is 24.2 Å². The summed E-state index contributed by atoms with van der Waals surface area (Å²) in [4.78, 5) is 18.9. The summed E-state index contributed by atoms with van der Waals surface area (Å²) in [5.41, 5.74) is 1.50. The van der Waals surface area contributed by atoms with Gasteiger partial charge >= 0.3 is 0 Å². The molecule has 24 heavy (non-hydrogen) atoms. The number of anilines is 1. The van der Waals surface area contributed by atoms with E-state index >= 15 is 0 Å². The van der Waals surface area contributed by atoms with E-state index in [2.05, 4.69) is 18.8 Å². The summed E-state index contributed by atoms with van der Waals surface area (Å²) in [5.74, 6) is 1.06. The largest absolute Gasteiger partial charge is 0.493 e. The van der Waals surface area contributed by atoms with Crippen LogP contribution in [0.2, 0.25) is 0 Å². The molecule has 0 atom stereocenters. The number of ether oxygens (including phenoxy) is 1. The Hall–Kier alpha value is -2.40. The predicted octanol–water partition coefficient (Wildman–Crippen LogP) is 4.61. The van der Waals surface area contributed by atoms with E-state index in [1.54, 1.807) is 24.1 Å². The fourth-order valence-corrected chi connectivity index (χ4v) is 3.19. The maximum absolute atomic E-state index is 12.7. The molecule has 124 valence electrons. The highest BCUT2D eigenvalue weighted by molar-refractivity contribution is 7.22. The fourth-order valence-electron chi connectivity index (χ4n) is 2.27. The number of thiazole rings is 1. The Bertz CT molecular complexity index is 824. The van der Waals surface area contributed by atoms with Crippen molar-refractivity contribution in [3.05, 3.63) is 54.1 Å². The molecule has 0 spiro atoms. The molecule has 3 rings (SSSR count). The van der Waals surface area contributed by atoms with Crippen LogP contribution in [0.15, 0.2) is 48.5 Å². The van der Waals surface area contributed by atoms with Gasteiger partial charge < -0.3 is 4.74 Å². The minimum Gasteiger partial charge on any atom is -0.493 e. The summed E-state index contributed by atoms with van der Waals surface area (Å²) < 4.78 is 6.78. The predicted molar refractivity (Wildman–Crippen MR) is 99.1 cm³/mol. The van der Waals surface area contributed by atoms with E-state index in [0.717, 1.165) is 10.2 Å². The summed E-state index contributed by atoms with van der Waals surface area (Å²) in [6.07, 6.45) is 0. The highest BCUT2D eigenvalue weighted by Crippen LogP contribution is 2.29. The quantitative estimate of drug-likeness (QED) is 0.681. The van der Waals surface area contributed by atoms with E-state index in [-0.39, 0.29) is 5.91 Å². The van der Waals surface area contributed by atoms with Crippen LogP contribution < -0.4 is 9.64 Å². The Morgan fingerprint density at radius 3 is 2.75 bits per heavy atom. The molecular weight excluding hydrogens is 320 g/mol. The SMILES string of the molecule is CC(C)COc1cccc(C(=O)N(C)c2nc3ccccc3s2)c1. The second-order valence-electron chi connectivity index (χ2n) is 6.06. The van der Waals surface area contributed by atoms with E-state index in [1.165, 1.54) is 11.3 Å². The molecule has 0 saturated carbocycles. The van der Waals surface area contributed by atoms with Gasteiger partial charge in [0.25, 0.3) is 5.91 Å². The highest BCUT2D eigenvalue weighted by atomic mass is 32.1. The average molecular weight is 340 g/mol. The van der Waals surface area contributed by atoms with Crippen LogP contribution in [-0.2, 0) is 0 Å². The number of carbonyl (C=O) groups excluding carboxylic acids is 1. The van der Waals surface area contributed by atoms with Crippen molar-refractivity contribution in [2.75, 3.05) is 18.6 Å².